The molecule has 0 aliphatic rings. The average Bonchev–Trinajstić information content (AvgIpc) is 2.41. The van der Waals surface area contributed by atoms with Crippen LogP contribution in [0.25, 0.3) is 0 Å². The molecule has 1 aromatic heterocycles. The Morgan fingerprint density at radius 3 is 2.06 bits per heavy atom. The van der Waals surface area contributed by atoms with Crippen molar-refractivity contribution in [2.45, 2.75) is 0 Å². The van der Waals surface area contributed by atoms with E-state index < -0.39 is 0 Å². The highest BCUT2D eigenvalue weighted by molar-refractivity contribution is 6.12. The molecule has 0 spiro atoms. The summed E-state index contributed by atoms with van der Waals surface area (Å²) in [5.74, 6) is 0. The highest BCUT2D eigenvalue weighted by Crippen LogP contribution is 2.15. The number of hydrogen-bond donors (Lipinski definition) is 1. The van der Waals surface area contributed by atoms with Crippen LogP contribution in [0.15, 0.2) is 53.9 Å². The summed E-state index contributed by atoms with van der Waals surface area (Å²) in [4.78, 5) is 5.97. The average molecular weight is 241 g/mol. The molecule has 0 amide bonds. The number of aromatic nitrogens is 1. The van der Waals surface area contributed by atoms with Crippen molar-refractivity contribution in [1.29, 1.82) is 0 Å². The summed E-state index contributed by atoms with van der Waals surface area (Å²) in [7, 11) is 3.97. The fourth-order valence-electron chi connectivity index (χ4n) is 1.71. The molecule has 0 aliphatic heterocycles. The number of rotatable bonds is 3. The largest absolute Gasteiger partial charge is 0.410 e. The van der Waals surface area contributed by atoms with Crippen LogP contribution < -0.4 is 4.90 Å². The van der Waals surface area contributed by atoms with Gasteiger partial charge in [0.15, 0.2) is 0 Å². The van der Waals surface area contributed by atoms with Crippen molar-refractivity contribution in [2.75, 3.05) is 19.0 Å². The van der Waals surface area contributed by atoms with E-state index in [0.29, 0.717) is 5.71 Å². The maximum absolute atomic E-state index is 9.17. The van der Waals surface area contributed by atoms with E-state index in [0.717, 1.165) is 16.8 Å². The van der Waals surface area contributed by atoms with Gasteiger partial charge in [-0.05, 0) is 24.3 Å². The highest BCUT2D eigenvalue weighted by atomic mass is 16.4. The second-order valence-electron chi connectivity index (χ2n) is 4.13. The number of pyridine rings is 1. The molecule has 2 aromatic rings. The fraction of sp³-hybridized carbons (Fsp3) is 0.143. The van der Waals surface area contributed by atoms with Gasteiger partial charge in [-0.15, -0.1) is 0 Å². The Balaban J connectivity index is 2.35. The SMILES string of the molecule is CN(C)c1ccc(C(=NO)c2ccncc2)cc1. The third-order valence-corrected chi connectivity index (χ3v) is 2.71. The summed E-state index contributed by atoms with van der Waals surface area (Å²) in [5.41, 5.74) is 3.35. The normalized spacial score (nSPS) is 11.3. The Hall–Kier alpha value is -2.36. The van der Waals surface area contributed by atoms with Gasteiger partial charge in [-0.25, -0.2) is 0 Å². The van der Waals surface area contributed by atoms with E-state index in [1.165, 1.54) is 0 Å². The minimum Gasteiger partial charge on any atom is -0.410 e. The molecule has 2 rings (SSSR count). The Bertz CT molecular complexity index is 533. The molecule has 1 heterocycles. The van der Waals surface area contributed by atoms with Crippen LogP contribution in [0.2, 0.25) is 0 Å². The van der Waals surface area contributed by atoms with Crippen LogP contribution in [0.1, 0.15) is 11.1 Å². The van der Waals surface area contributed by atoms with Crippen molar-refractivity contribution in [3.05, 3.63) is 59.9 Å². The Morgan fingerprint density at radius 2 is 1.56 bits per heavy atom. The topological polar surface area (TPSA) is 48.7 Å². The molecule has 0 saturated carbocycles. The van der Waals surface area contributed by atoms with Gasteiger partial charge in [-0.2, -0.15) is 0 Å². The van der Waals surface area contributed by atoms with Crippen LogP contribution in [-0.2, 0) is 0 Å². The Kier molecular flexibility index (Phi) is 3.57. The lowest BCUT2D eigenvalue weighted by atomic mass is 10.0. The van der Waals surface area contributed by atoms with Crippen molar-refractivity contribution in [3.8, 4) is 0 Å². The standard InChI is InChI=1S/C14H15N3O/c1-17(2)13-5-3-11(4-6-13)14(16-18)12-7-9-15-10-8-12/h3-10,18H,1-2H3. The monoisotopic (exact) mass is 241 g/mol. The first-order valence-corrected chi connectivity index (χ1v) is 5.62. The molecule has 92 valence electrons. The van der Waals surface area contributed by atoms with Gasteiger partial charge in [0.25, 0.3) is 0 Å². The molecule has 0 fully saturated rings. The summed E-state index contributed by atoms with van der Waals surface area (Å²) >= 11 is 0. The van der Waals surface area contributed by atoms with Gasteiger partial charge in [0.05, 0.1) is 0 Å². The Labute approximate surface area is 106 Å². The lowest BCUT2D eigenvalue weighted by Gasteiger charge is -2.13. The third-order valence-electron chi connectivity index (χ3n) is 2.71. The molecule has 1 aromatic carbocycles. The summed E-state index contributed by atoms with van der Waals surface area (Å²) in [6.45, 7) is 0. The zero-order valence-corrected chi connectivity index (χ0v) is 10.4. The zero-order valence-electron chi connectivity index (χ0n) is 10.4. The first-order valence-electron chi connectivity index (χ1n) is 5.62. The maximum atomic E-state index is 9.17. The summed E-state index contributed by atoms with van der Waals surface area (Å²) in [5, 5.41) is 12.5. The second-order valence-corrected chi connectivity index (χ2v) is 4.13. The molecular weight excluding hydrogens is 226 g/mol. The quantitative estimate of drug-likeness (QED) is 0.510. The van der Waals surface area contributed by atoms with E-state index in [2.05, 4.69) is 10.1 Å². The van der Waals surface area contributed by atoms with Crippen LogP contribution in [0.3, 0.4) is 0 Å². The van der Waals surface area contributed by atoms with E-state index in [1.807, 2.05) is 55.4 Å². The van der Waals surface area contributed by atoms with E-state index in [4.69, 9.17) is 5.21 Å². The zero-order chi connectivity index (χ0) is 13.0. The predicted octanol–water partition coefficient (Wildman–Crippen LogP) is 2.37. The molecule has 0 aliphatic carbocycles. The number of hydrogen-bond acceptors (Lipinski definition) is 4. The molecule has 0 atom stereocenters. The van der Waals surface area contributed by atoms with Crippen LogP contribution in [-0.4, -0.2) is 30.0 Å². The number of anilines is 1. The van der Waals surface area contributed by atoms with E-state index in [-0.39, 0.29) is 0 Å². The van der Waals surface area contributed by atoms with Gasteiger partial charge >= 0.3 is 0 Å². The maximum Gasteiger partial charge on any atom is 0.117 e. The molecule has 4 heteroatoms. The molecule has 0 saturated heterocycles. The molecule has 0 radical (unpaired) electrons. The van der Waals surface area contributed by atoms with Crippen LogP contribution in [0.5, 0.6) is 0 Å². The molecular formula is C14H15N3O. The summed E-state index contributed by atoms with van der Waals surface area (Å²) < 4.78 is 0. The van der Waals surface area contributed by atoms with Gasteiger partial charge in [-0.3, -0.25) is 4.98 Å². The molecule has 18 heavy (non-hydrogen) atoms. The van der Waals surface area contributed by atoms with E-state index >= 15 is 0 Å². The molecule has 1 N–H and O–H groups in total. The minimum absolute atomic E-state index is 0.544. The van der Waals surface area contributed by atoms with Crippen LogP contribution in [0, 0.1) is 0 Å². The number of benzene rings is 1. The van der Waals surface area contributed by atoms with Gasteiger partial charge < -0.3 is 10.1 Å². The first kappa shape index (κ1) is 12.1. The lowest BCUT2D eigenvalue weighted by molar-refractivity contribution is 0.319. The second kappa shape index (κ2) is 5.31. The number of nitrogens with zero attached hydrogens (tertiary/aromatic N) is 3. The smallest absolute Gasteiger partial charge is 0.117 e. The predicted molar refractivity (Wildman–Crippen MR) is 72.4 cm³/mol. The minimum atomic E-state index is 0.544. The molecule has 0 bridgehead atoms. The van der Waals surface area contributed by atoms with Gasteiger partial charge in [0, 0.05) is 43.3 Å². The van der Waals surface area contributed by atoms with Gasteiger partial charge in [-0.1, -0.05) is 17.3 Å². The van der Waals surface area contributed by atoms with Crippen LogP contribution >= 0.6 is 0 Å². The van der Waals surface area contributed by atoms with Crippen molar-refractivity contribution in [1.82, 2.24) is 4.98 Å². The van der Waals surface area contributed by atoms with E-state index in [9.17, 15) is 0 Å². The van der Waals surface area contributed by atoms with E-state index in [1.54, 1.807) is 12.4 Å². The van der Waals surface area contributed by atoms with Crippen molar-refractivity contribution < 1.29 is 5.21 Å². The van der Waals surface area contributed by atoms with Crippen molar-refractivity contribution >= 4 is 11.4 Å². The molecule has 0 unspecified atom stereocenters. The third kappa shape index (κ3) is 2.48. The molecule has 4 nitrogen and oxygen atoms in total. The Morgan fingerprint density at radius 1 is 1.00 bits per heavy atom. The van der Waals surface area contributed by atoms with Crippen molar-refractivity contribution in [2.24, 2.45) is 5.16 Å². The fourth-order valence-corrected chi connectivity index (χ4v) is 1.71. The van der Waals surface area contributed by atoms with Crippen LogP contribution in [0.4, 0.5) is 5.69 Å². The summed E-state index contributed by atoms with van der Waals surface area (Å²) in [6.07, 6.45) is 3.35. The highest BCUT2D eigenvalue weighted by Gasteiger charge is 2.07. The lowest BCUT2D eigenvalue weighted by Crippen LogP contribution is -2.09. The van der Waals surface area contributed by atoms with Crippen molar-refractivity contribution in [3.63, 3.8) is 0 Å². The summed E-state index contributed by atoms with van der Waals surface area (Å²) in [6, 6.07) is 11.5. The van der Waals surface area contributed by atoms with Gasteiger partial charge in [0.2, 0.25) is 0 Å². The number of oxime groups is 1. The van der Waals surface area contributed by atoms with Gasteiger partial charge in [0.1, 0.15) is 5.71 Å². The first-order chi connectivity index (χ1) is 8.72.